The molecule has 1 atom stereocenters. The summed E-state index contributed by atoms with van der Waals surface area (Å²) >= 11 is 1.39. The quantitative estimate of drug-likeness (QED) is 0.634. The van der Waals surface area contributed by atoms with E-state index in [-0.39, 0.29) is 17.4 Å². The Labute approximate surface area is 181 Å². The van der Waals surface area contributed by atoms with Gasteiger partial charge in [-0.05, 0) is 42.4 Å². The summed E-state index contributed by atoms with van der Waals surface area (Å²) in [6, 6.07) is 8.62. The van der Waals surface area contributed by atoms with Gasteiger partial charge >= 0.3 is 0 Å². The van der Waals surface area contributed by atoms with E-state index in [0.29, 0.717) is 5.75 Å². The molecule has 0 saturated heterocycles. The number of nitrogens with one attached hydrogen (secondary N) is 1. The molecule has 3 aromatic rings. The second kappa shape index (κ2) is 8.26. The van der Waals surface area contributed by atoms with E-state index in [1.54, 1.807) is 6.33 Å². The predicted octanol–water partition coefficient (Wildman–Crippen LogP) is 3.58. The first-order valence-electron chi connectivity index (χ1n) is 10.3. The molecule has 2 aromatic heterocycles. The monoisotopic (exact) mass is 424 g/mol. The first-order valence-corrected chi connectivity index (χ1v) is 11.3. The van der Waals surface area contributed by atoms with Crippen LogP contribution in [-0.2, 0) is 23.7 Å². The lowest BCUT2D eigenvalue weighted by atomic mass is 9.87. The molecule has 7 nitrogen and oxygen atoms in total. The van der Waals surface area contributed by atoms with Gasteiger partial charge in [-0.3, -0.25) is 4.79 Å². The molecule has 4 rings (SSSR count). The van der Waals surface area contributed by atoms with Crippen molar-refractivity contribution >= 4 is 17.7 Å². The molecule has 0 fully saturated rings. The normalized spacial score (nSPS) is 16.3. The number of hydrogen-bond donors (Lipinski definition) is 1. The van der Waals surface area contributed by atoms with E-state index >= 15 is 0 Å². The smallest absolute Gasteiger partial charge is 0.230 e. The Balaban J connectivity index is 1.47. The molecular formula is C22H28N6OS. The Hall–Kier alpha value is -2.61. The third kappa shape index (κ3) is 4.28. The largest absolute Gasteiger partial charge is 0.348 e. The maximum atomic E-state index is 12.5. The van der Waals surface area contributed by atoms with Crippen molar-refractivity contribution in [2.24, 2.45) is 7.05 Å². The summed E-state index contributed by atoms with van der Waals surface area (Å²) in [7, 11) is 1.87. The minimum Gasteiger partial charge on any atom is -0.348 e. The highest BCUT2D eigenvalue weighted by Crippen LogP contribution is 2.32. The molecule has 1 aliphatic rings. The molecule has 0 saturated carbocycles. The van der Waals surface area contributed by atoms with Crippen LogP contribution in [0.1, 0.15) is 56.5 Å². The van der Waals surface area contributed by atoms with E-state index in [1.807, 2.05) is 22.5 Å². The van der Waals surface area contributed by atoms with E-state index < -0.39 is 0 Å². The molecule has 0 spiro atoms. The van der Waals surface area contributed by atoms with Crippen molar-refractivity contribution in [3.8, 4) is 5.69 Å². The molecule has 158 valence electrons. The van der Waals surface area contributed by atoms with Crippen LogP contribution in [0.25, 0.3) is 5.69 Å². The Morgan fingerprint density at radius 2 is 2.03 bits per heavy atom. The third-order valence-corrected chi connectivity index (χ3v) is 6.53. The molecule has 0 radical (unpaired) electrons. The zero-order chi connectivity index (χ0) is 21.3. The number of benzene rings is 1. The van der Waals surface area contributed by atoms with Gasteiger partial charge < -0.3 is 9.88 Å². The number of carbonyl (C=O) groups is 1. The van der Waals surface area contributed by atoms with E-state index in [9.17, 15) is 4.79 Å². The van der Waals surface area contributed by atoms with Gasteiger partial charge in [0.25, 0.3) is 0 Å². The summed E-state index contributed by atoms with van der Waals surface area (Å²) in [5.74, 6) is 0.323. The van der Waals surface area contributed by atoms with Crippen molar-refractivity contribution < 1.29 is 4.79 Å². The van der Waals surface area contributed by atoms with E-state index in [4.69, 9.17) is 0 Å². The number of aromatic nitrogens is 5. The number of amides is 1. The number of rotatable bonds is 5. The highest BCUT2D eigenvalue weighted by atomic mass is 32.2. The first-order chi connectivity index (χ1) is 14.3. The first kappa shape index (κ1) is 20.7. The lowest BCUT2D eigenvalue weighted by Crippen LogP contribution is -2.32. The SMILES string of the molecule is Cn1cnnc1SCC(=O)NC1CCCc2c1cnn2-c1ccc(C(C)(C)C)cc1. The summed E-state index contributed by atoms with van der Waals surface area (Å²) in [5, 5.41) is 16.4. The number of fused-ring (bicyclic) bond motifs is 1. The summed E-state index contributed by atoms with van der Waals surface area (Å²) in [4.78, 5) is 12.5. The molecule has 8 heteroatoms. The highest BCUT2D eigenvalue weighted by molar-refractivity contribution is 7.99. The highest BCUT2D eigenvalue weighted by Gasteiger charge is 2.26. The topological polar surface area (TPSA) is 77.6 Å². The molecule has 2 heterocycles. The minimum atomic E-state index is 0.00290. The van der Waals surface area contributed by atoms with Crippen LogP contribution in [0, 0.1) is 0 Å². The van der Waals surface area contributed by atoms with Crippen molar-refractivity contribution in [2.45, 2.75) is 56.6 Å². The van der Waals surface area contributed by atoms with Gasteiger partial charge in [0.05, 0.1) is 23.7 Å². The van der Waals surface area contributed by atoms with Gasteiger partial charge in [-0.15, -0.1) is 10.2 Å². The molecule has 0 aliphatic heterocycles. The van der Waals surface area contributed by atoms with Crippen molar-refractivity contribution in [3.63, 3.8) is 0 Å². The average molecular weight is 425 g/mol. The number of carbonyl (C=O) groups excluding carboxylic acids is 1. The van der Waals surface area contributed by atoms with Crippen LogP contribution >= 0.6 is 11.8 Å². The number of hydrogen-bond acceptors (Lipinski definition) is 5. The van der Waals surface area contributed by atoms with Gasteiger partial charge in [0, 0.05) is 18.3 Å². The van der Waals surface area contributed by atoms with E-state index in [2.05, 4.69) is 65.6 Å². The van der Waals surface area contributed by atoms with Crippen LogP contribution in [0.2, 0.25) is 0 Å². The van der Waals surface area contributed by atoms with Crippen LogP contribution in [-0.4, -0.2) is 36.2 Å². The van der Waals surface area contributed by atoms with Gasteiger partial charge in [-0.1, -0.05) is 44.7 Å². The fraction of sp³-hybridized carbons (Fsp3) is 0.455. The minimum absolute atomic E-state index is 0.00290. The number of thioether (sulfide) groups is 1. The summed E-state index contributed by atoms with van der Waals surface area (Å²) < 4.78 is 3.83. The van der Waals surface area contributed by atoms with E-state index in [0.717, 1.165) is 35.7 Å². The summed E-state index contributed by atoms with van der Waals surface area (Å²) in [6.45, 7) is 6.65. The third-order valence-electron chi connectivity index (χ3n) is 5.50. The van der Waals surface area contributed by atoms with Crippen LogP contribution in [0.15, 0.2) is 41.9 Å². The second-order valence-electron chi connectivity index (χ2n) is 8.78. The standard InChI is InChI=1S/C22H28N6OS/c1-22(2,3)15-8-10-16(11-9-15)28-19-7-5-6-18(17(19)12-24-28)25-20(29)13-30-21-26-23-14-27(21)4/h8-12,14,18H,5-7,13H2,1-4H3,(H,25,29). The lowest BCUT2D eigenvalue weighted by Gasteiger charge is -2.24. The van der Waals surface area contributed by atoms with Gasteiger partial charge in [0.2, 0.25) is 5.91 Å². The maximum absolute atomic E-state index is 12.5. The Kier molecular flexibility index (Phi) is 5.69. The fourth-order valence-corrected chi connectivity index (χ4v) is 4.50. The van der Waals surface area contributed by atoms with Crippen molar-refractivity contribution in [3.05, 3.63) is 53.6 Å². The molecule has 1 aromatic carbocycles. The van der Waals surface area contributed by atoms with Gasteiger partial charge in [-0.2, -0.15) is 5.10 Å². The maximum Gasteiger partial charge on any atom is 0.230 e. The zero-order valence-corrected chi connectivity index (χ0v) is 18.7. The number of aryl methyl sites for hydroxylation is 1. The second-order valence-corrected chi connectivity index (χ2v) is 9.72. The molecule has 1 unspecified atom stereocenters. The fourth-order valence-electron chi connectivity index (χ4n) is 3.80. The van der Waals surface area contributed by atoms with Crippen LogP contribution in [0.3, 0.4) is 0 Å². The Morgan fingerprint density at radius 1 is 1.27 bits per heavy atom. The Bertz CT molecular complexity index is 1030. The lowest BCUT2D eigenvalue weighted by molar-refractivity contribution is -0.119. The molecule has 30 heavy (non-hydrogen) atoms. The zero-order valence-electron chi connectivity index (χ0n) is 17.9. The molecule has 1 aliphatic carbocycles. The molecule has 0 bridgehead atoms. The number of nitrogens with zero attached hydrogens (tertiary/aromatic N) is 5. The van der Waals surface area contributed by atoms with Crippen LogP contribution in [0.4, 0.5) is 0 Å². The van der Waals surface area contributed by atoms with Gasteiger partial charge in [0.1, 0.15) is 6.33 Å². The Morgan fingerprint density at radius 3 is 2.70 bits per heavy atom. The van der Waals surface area contributed by atoms with Crippen LogP contribution < -0.4 is 5.32 Å². The van der Waals surface area contributed by atoms with Crippen molar-refractivity contribution in [1.29, 1.82) is 0 Å². The van der Waals surface area contributed by atoms with Crippen molar-refractivity contribution in [1.82, 2.24) is 29.9 Å². The molecule has 1 N–H and O–H groups in total. The van der Waals surface area contributed by atoms with Crippen molar-refractivity contribution in [2.75, 3.05) is 5.75 Å². The molecular weight excluding hydrogens is 396 g/mol. The summed E-state index contributed by atoms with van der Waals surface area (Å²) in [5.41, 5.74) is 4.81. The molecule has 1 amide bonds. The van der Waals surface area contributed by atoms with Gasteiger partial charge in [0.15, 0.2) is 5.16 Å². The van der Waals surface area contributed by atoms with Gasteiger partial charge in [-0.25, -0.2) is 4.68 Å². The van der Waals surface area contributed by atoms with Crippen LogP contribution in [0.5, 0.6) is 0 Å². The average Bonchev–Trinajstić information content (AvgIpc) is 3.32. The predicted molar refractivity (Wildman–Crippen MR) is 118 cm³/mol. The summed E-state index contributed by atoms with van der Waals surface area (Å²) in [6.07, 6.45) is 6.47. The van der Waals surface area contributed by atoms with E-state index in [1.165, 1.54) is 23.0 Å².